The Morgan fingerprint density at radius 1 is 0.898 bits per heavy atom. The minimum absolute atomic E-state index is 0.0428. The molecule has 3 aromatic carbocycles. The number of benzene rings is 3. The lowest BCUT2D eigenvalue weighted by Crippen LogP contribution is -2.45. The van der Waals surface area contributed by atoms with Crippen molar-refractivity contribution >= 4 is 66.6 Å². The van der Waals surface area contributed by atoms with Gasteiger partial charge < -0.3 is 15.0 Å². The summed E-state index contributed by atoms with van der Waals surface area (Å²) in [5, 5.41) is 3.42. The number of hydrogen-bond acceptors (Lipinski definition) is 5. The molecule has 3 aromatic rings. The number of halogens is 3. The number of allylic oxidation sites excluding steroid dienone is 4. The first-order chi connectivity index (χ1) is 23.1. The second kappa shape index (κ2) is 13.8. The highest BCUT2D eigenvalue weighted by atomic mass is 79.9. The average molecular weight is 809 g/mol. The topological polar surface area (TPSA) is 75.7 Å². The van der Waals surface area contributed by atoms with Crippen molar-refractivity contribution in [1.29, 1.82) is 0 Å². The number of ether oxygens (including phenoxy) is 1. The smallest absolute Gasteiger partial charge is 0.262 e. The van der Waals surface area contributed by atoms with E-state index in [0.717, 1.165) is 27.9 Å². The maximum Gasteiger partial charge on any atom is 0.262 e. The fraction of sp³-hybridized carbons (Fsp3) is 0.375. The van der Waals surface area contributed by atoms with E-state index in [-0.39, 0.29) is 34.9 Å². The Balaban J connectivity index is 1.45. The van der Waals surface area contributed by atoms with E-state index in [1.807, 2.05) is 43.3 Å². The van der Waals surface area contributed by atoms with Crippen molar-refractivity contribution in [1.82, 2.24) is 4.90 Å². The van der Waals surface area contributed by atoms with E-state index < -0.39 is 5.92 Å². The molecule has 6 nitrogen and oxygen atoms in total. The summed E-state index contributed by atoms with van der Waals surface area (Å²) in [6.07, 6.45) is 2.95. The van der Waals surface area contributed by atoms with Crippen LogP contribution in [0.4, 0.5) is 5.69 Å². The number of Topliss-reactive ketones (excluding diaryl/α,β-unsaturated/α-hetero) is 2. The SMILES string of the molecule is Cc1ccc(NC(=O)COc2c(Br)cc(Br)cc2C2C3=C(CC(C)(C)CC3=O)N(CCc3ccccc3)C3=C2C(=O)CC(C)(C)C3)cc1Cl. The fourth-order valence-corrected chi connectivity index (χ4v) is 9.02. The number of hydrogen-bond donors (Lipinski definition) is 1. The van der Waals surface area contributed by atoms with Crippen LogP contribution in [0.5, 0.6) is 5.75 Å². The van der Waals surface area contributed by atoms with Crippen LogP contribution in [0.25, 0.3) is 0 Å². The summed E-state index contributed by atoms with van der Waals surface area (Å²) in [5.41, 5.74) is 6.17. The molecule has 0 fully saturated rings. The van der Waals surface area contributed by atoms with Gasteiger partial charge in [0.2, 0.25) is 0 Å². The number of anilines is 1. The monoisotopic (exact) mass is 806 g/mol. The minimum atomic E-state index is -0.632. The summed E-state index contributed by atoms with van der Waals surface area (Å²) in [6.45, 7) is 10.8. The molecule has 1 amide bonds. The zero-order chi connectivity index (χ0) is 35.2. The maximum atomic E-state index is 14.4. The molecule has 0 saturated heterocycles. The van der Waals surface area contributed by atoms with E-state index in [4.69, 9.17) is 16.3 Å². The molecule has 9 heteroatoms. The molecular weight excluding hydrogens is 768 g/mol. The van der Waals surface area contributed by atoms with E-state index in [1.54, 1.807) is 12.1 Å². The van der Waals surface area contributed by atoms with Crippen LogP contribution in [0.15, 0.2) is 92.1 Å². The summed E-state index contributed by atoms with van der Waals surface area (Å²) in [4.78, 5) is 44.3. The van der Waals surface area contributed by atoms with Crippen LogP contribution in [0.2, 0.25) is 5.02 Å². The molecule has 3 aliphatic rings. The van der Waals surface area contributed by atoms with Crippen LogP contribution >= 0.6 is 43.5 Å². The molecule has 0 aromatic heterocycles. The summed E-state index contributed by atoms with van der Waals surface area (Å²) in [5.74, 6) is -0.477. The van der Waals surface area contributed by atoms with Gasteiger partial charge in [-0.1, -0.05) is 91.6 Å². The van der Waals surface area contributed by atoms with Gasteiger partial charge in [0.25, 0.3) is 5.91 Å². The van der Waals surface area contributed by atoms with Crippen LogP contribution in [-0.2, 0) is 20.8 Å². The first-order valence-electron chi connectivity index (χ1n) is 16.6. The number of aryl methyl sites for hydroxylation is 1. The van der Waals surface area contributed by atoms with Gasteiger partial charge in [-0.2, -0.15) is 0 Å². The number of carbonyl (C=O) groups excluding carboxylic acids is 3. The third kappa shape index (κ3) is 7.62. The van der Waals surface area contributed by atoms with Crippen LogP contribution in [-0.4, -0.2) is 35.5 Å². The van der Waals surface area contributed by atoms with Gasteiger partial charge in [-0.3, -0.25) is 14.4 Å². The van der Waals surface area contributed by atoms with Crippen molar-refractivity contribution in [2.75, 3.05) is 18.5 Å². The molecule has 0 radical (unpaired) electrons. The molecule has 6 rings (SSSR count). The first-order valence-corrected chi connectivity index (χ1v) is 18.6. The summed E-state index contributed by atoms with van der Waals surface area (Å²) in [7, 11) is 0. The van der Waals surface area contributed by atoms with Crippen molar-refractivity contribution in [3.8, 4) is 5.75 Å². The van der Waals surface area contributed by atoms with Crippen molar-refractivity contribution in [3.63, 3.8) is 0 Å². The fourth-order valence-electron chi connectivity index (χ4n) is 7.47. The van der Waals surface area contributed by atoms with Crippen molar-refractivity contribution < 1.29 is 19.1 Å². The Hall–Kier alpha value is -3.20. The van der Waals surface area contributed by atoms with Gasteiger partial charge >= 0.3 is 0 Å². The van der Waals surface area contributed by atoms with Gasteiger partial charge in [0.05, 0.1) is 4.47 Å². The van der Waals surface area contributed by atoms with Crippen molar-refractivity contribution in [2.24, 2.45) is 10.8 Å². The predicted molar refractivity (Wildman–Crippen MR) is 202 cm³/mol. The van der Waals surface area contributed by atoms with Crippen LogP contribution < -0.4 is 10.1 Å². The van der Waals surface area contributed by atoms with Crippen LogP contribution in [0.1, 0.15) is 76.0 Å². The molecule has 1 N–H and O–H groups in total. The van der Waals surface area contributed by atoms with E-state index in [1.165, 1.54) is 5.56 Å². The Labute approximate surface area is 310 Å². The lowest BCUT2D eigenvalue weighted by molar-refractivity contribution is -0.120. The molecule has 2 aliphatic carbocycles. The third-order valence-electron chi connectivity index (χ3n) is 9.64. The molecule has 1 heterocycles. The van der Waals surface area contributed by atoms with Gasteiger partial charge in [-0.05, 0) is 88.3 Å². The third-order valence-corrected chi connectivity index (χ3v) is 11.1. The minimum Gasteiger partial charge on any atom is -0.482 e. The molecule has 0 bridgehead atoms. The normalized spacial score (nSPS) is 18.7. The Morgan fingerprint density at radius 2 is 1.51 bits per heavy atom. The molecule has 49 heavy (non-hydrogen) atoms. The molecule has 0 spiro atoms. The maximum absolute atomic E-state index is 14.4. The largest absolute Gasteiger partial charge is 0.482 e. The summed E-state index contributed by atoms with van der Waals surface area (Å²) < 4.78 is 7.70. The predicted octanol–water partition coefficient (Wildman–Crippen LogP) is 10.1. The number of carbonyl (C=O) groups is 3. The standard InChI is InChI=1S/C40H41Br2ClN2O4/c1-23-11-12-26(17-29(23)43)44-34(48)22-49-38-27(15-25(41)16-28(38)42)35-36-30(18-39(2,3)20-32(36)46)45(14-13-24-9-7-6-8-10-24)31-19-40(4,5)21-33(47)37(31)35/h6-12,15-17,35H,13-14,18-22H2,1-5H3,(H,44,48). The number of nitrogens with zero attached hydrogens (tertiary/aromatic N) is 1. The molecule has 0 atom stereocenters. The number of ketones is 2. The highest BCUT2D eigenvalue weighted by molar-refractivity contribution is 9.11. The molecule has 256 valence electrons. The second-order valence-corrected chi connectivity index (χ2v) is 17.2. The summed E-state index contributed by atoms with van der Waals surface area (Å²) in [6, 6.07) is 19.5. The lowest BCUT2D eigenvalue weighted by Gasteiger charge is -2.49. The van der Waals surface area contributed by atoms with Crippen molar-refractivity contribution in [3.05, 3.63) is 114 Å². The van der Waals surface area contributed by atoms with Gasteiger partial charge in [0.1, 0.15) is 5.75 Å². The van der Waals surface area contributed by atoms with Crippen LogP contribution in [0, 0.1) is 17.8 Å². The Bertz CT molecular complexity index is 1860. The number of amides is 1. The summed E-state index contributed by atoms with van der Waals surface area (Å²) >= 11 is 13.6. The van der Waals surface area contributed by atoms with Crippen molar-refractivity contribution in [2.45, 2.75) is 72.6 Å². The molecule has 0 unspecified atom stereocenters. The van der Waals surface area contributed by atoms with E-state index in [2.05, 4.69) is 81.9 Å². The number of rotatable bonds is 8. The highest BCUT2D eigenvalue weighted by Gasteiger charge is 2.49. The van der Waals surface area contributed by atoms with Gasteiger partial charge in [-0.15, -0.1) is 0 Å². The highest BCUT2D eigenvalue weighted by Crippen LogP contribution is 2.56. The van der Waals surface area contributed by atoms with Gasteiger partial charge in [0, 0.05) is 68.6 Å². The molecule has 1 aliphatic heterocycles. The van der Waals surface area contributed by atoms with E-state index >= 15 is 0 Å². The van der Waals surface area contributed by atoms with Crippen LogP contribution in [0.3, 0.4) is 0 Å². The van der Waals surface area contributed by atoms with E-state index in [9.17, 15) is 14.4 Å². The molecule has 0 saturated carbocycles. The Morgan fingerprint density at radius 3 is 2.10 bits per heavy atom. The zero-order valence-corrected chi connectivity index (χ0v) is 32.4. The average Bonchev–Trinajstić information content (AvgIpc) is 3.00. The number of nitrogens with one attached hydrogen (secondary N) is 1. The second-order valence-electron chi connectivity index (χ2n) is 15.0. The Kier molecular flexibility index (Phi) is 10.1. The first kappa shape index (κ1) is 35.6. The van der Waals surface area contributed by atoms with E-state index in [0.29, 0.717) is 69.9 Å². The lowest BCUT2D eigenvalue weighted by atomic mass is 9.63. The zero-order valence-electron chi connectivity index (χ0n) is 28.5. The van der Waals surface area contributed by atoms with Gasteiger partial charge in [-0.25, -0.2) is 0 Å². The quantitative estimate of drug-likeness (QED) is 0.245. The van der Waals surface area contributed by atoms with Gasteiger partial charge in [0.15, 0.2) is 18.2 Å². The molecular formula is C40H41Br2ClN2O4.